The number of rotatable bonds is 22. The molecule has 5 nitrogen and oxygen atoms in total. The van der Waals surface area contributed by atoms with Gasteiger partial charge in [0.25, 0.3) is 0 Å². The van der Waals surface area contributed by atoms with Crippen LogP contribution in [0.15, 0.2) is 12.2 Å². The van der Waals surface area contributed by atoms with Crippen LogP contribution in [0.2, 0.25) is 0 Å². The maximum atomic E-state index is 10.4. The molecule has 6 heteroatoms. The van der Waals surface area contributed by atoms with E-state index in [0.29, 0.717) is 0 Å². The van der Waals surface area contributed by atoms with Gasteiger partial charge in [-0.2, -0.15) is 0 Å². The number of phosphoric acid groups is 1. The molecule has 0 radical (unpaired) electrons. The van der Waals surface area contributed by atoms with E-state index in [1.165, 1.54) is 89.9 Å². The molecule has 0 saturated heterocycles. The third kappa shape index (κ3) is 32.0. The molecule has 4 N–H and O–H groups in total. The van der Waals surface area contributed by atoms with Gasteiger partial charge >= 0.3 is 7.82 Å². The van der Waals surface area contributed by atoms with Crippen LogP contribution in [0.4, 0.5) is 0 Å². The Kier molecular flexibility index (Phi) is 28.7. The molecule has 0 aliphatic heterocycles. The normalized spacial score (nSPS) is 12.7. The summed E-state index contributed by atoms with van der Waals surface area (Å²) in [5, 5.41) is 0. The second-order valence-corrected chi connectivity index (χ2v) is 10.2. The van der Waals surface area contributed by atoms with Crippen LogP contribution in [-0.4, -0.2) is 22.9 Å². The molecule has 0 aromatic carbocycles. The summed E-state index contributed by atoms with van der Waals surface area (Å²) in [6.07, 6.45) is 28.0. The predicted molar refractivity (Wildman–Crippen MR) is 140 cm³/mol. The van der Waals surface area contributed by atoms with Gasteiger partial charge in [0.05, 0.1) is 6.61 Å². The molecule has 0 saturated carbocycles. The monoisotopic (exact) mass is 477 g/mol. The number of hydrogen-bond acceptors (Lipinski definition) is 3. The lowest BCUT2D eigenvalue weighted by atomic mass is 10.0. The molecule has 0 spiro atoms. The minimum absolute atomic E-state index is 0.167. The zero-order valence-electron chi connectivity index (χ0n) is 21.6. The molecule has 0 heterocycles. The minimum Gasteiger partial charge on any atom is -0.330 e. The topological polar surface area (TPSA) is 92.8 Å². The second kappa shape index (κ2) is 27.1. The quantitative estimate of drug-likeness (QED) is 0.0828. The van der Waals surface area contributed by atoms with Crippen molar-refractivity contribution >= 4 is 7.82 Å². The zero-order chi connectivity index (χ0) is 24.3. The molecule has 1 unspecified atom stereocenters. The summed E-state index contributed by atoms with van der Waals surface area (Å²) >= 11 is 0. The highest BCUT2D eigenvalue weighted by Gasteiger charge is 2.16. The van der Waals surface area contributed by atoms with Crippen LogP contribution in [0.25, 0.3) is 0 Å². The molecule has 0 amide bonds. The number of phosphoric ester groups is 1. The number of nitrogens with two attached hydrogens (primary N) is 1. The summed E-state index contributed by atoms with van der Waals surface area (Å²) in [5.74, 6) is 0.271. The summed E-state index contributed by atoms with van der Waals surface area (Å²) in [7, 11) is -4.26. The smallest absolute Gasteiger partial charge is 0.330 e. The fourth-order valence-electron chi connectivity index (χ4n) is 3.49. The average molecular weight is 478 g/mol. The van der Waals surface area contributed by atoms with Crippen LogP contribution >= 0.6 is 7.82 Å². The standard InChI is InChI=1S/C18H37N.C8H19O4P/c1-2-3-4-5-6-7-8-9-10-11-12-13-14-15-16-17-18-19;1-3-5-6-8(4-2)7-12-13(9,10)11/h9-10H,2-8,11-19H2,1H3;8H,3-7H2,1-2H3,(H2,9,10,11)/b10-9-;. The Labute approximate surface area is 200 Å². The third-order valence-corrected chi connectivity index (χ3v) is 6.22. The molecule has 32 heavy (non-hydrogen) atoms. The zero-order valence-corrected chi connectivity index (χ0v) is 22.5. The first-order valence-electron chi connectivity index (χ1n) is 13.5. The summed E-state index contributed by atoms with van der Waals surface area (Å²) < 4.78 is 14.8. The first kappa shape index (κ1) is 34.0. The van der Waals surface area contributed by atoms with Crippen molar-refractivity contribution in [2.45, 2.75) is 136 Å². The van der Waals surface area contributed by atoms with Gasteiger partial charge in [-0.25, -0.2) is 4.57 Å². The molecule has 0 fully saturated rings. The van der Waals surface area contributed by atoms with Crippen LogP contribution in [0.1, 0.15) is 136 Å². The largest absolute Gasteiger partial charge is 0.469 e. The van der Waals surface area contributed by atoms with Crippen molar-refractivity contribution in [2.24, 2.45) is 11.7 Å². The van der Waals surface area contributed by atoms with E-state index in [-0.39, 0.29) is 12.5 Å². The Bertz CT molecular complexity index is 426. The SMILES string of the molecule is CCCCC(CC)COP(=O)(O)O.CCCCCCCC/C=C\CCCCCCCCN. The molecule has 0 bridgehead atoms. The lowest BCUT2D eigenvalue weighted by Gasteiger charge is -2.14. The Balaban J connectivity index is 0. The van der Waals surface area contributed by atoms with Crippen LogP contribution in [0, 0.1) is 5.92 Å². The first-order chi connectivity index (χ1) is 15.4. The molecule has 194 valence electrons. The lowest BCUT2D eigenvalue weighted by Crippen LogP contribution is -2.07. The van der Waals surface area contributed by atoms with Crippen molar-refractivity contribution in [1.29, 1.82) is 0 Å². The predicted octanol–water partition coefficient (Wildman–Crippen LogP) is 8.29. The lowest BCUT2D eigenvalue weighted by molar-refractivity contribution is 0.161. The third-order valence-electron chi connectivity index (χ3n) is 5.74. The second-order valence-electron chi connectivity index (χ2n) is 8.93. The van der Waals surface area contributed by atoms with Gasteiger partial charge in [0.2, 0.25) is 0 Å². The Hall–Kier alpha value is -0.190. The van der Waals surface area contributed by atoms with Crippen molar-refractivity contribution in [3.8, 4) is 0 Å². The summed E-state index contributed by atoms with van der Waals surface area (Å²) in [6.45, 7) is 7.41. The average Bonchev–Trinajstić information content (AvgIpc) is 2.76. The van der Waals surface area contributed by atoms with Crippen molar-refractivity contribution in [3.63, 3.8) is 0 Å². The number of unbranched alkanes of at least 4 members (excludes halogenated alkanes) is 13. The molecular weight excluding hydrogens is 421 g/mol. The summed E-state index contributed by atoms with van der Waals surface area (Å²) in [4.78, 5) is 17.0. The van der Waals surface area contributed by atoms with Crippen molar-refractivity contribution in [3.05, 3.63) is 12.2 Å². The van der Waals surface area contributed by atoms with Gasteiger partial charge in [0.1, 0.15) is 0 Å². The summed E-state index contributed by atoms with van der Waals surface area (Å²) in [5.41, 5.74) is 5.47. The molecule has 0 aliphatic rings. The van der Waals surface area contributed by atoms with Gasteiger partial charge in [0, 0.05) is 0 Å². The van der Waals surface area contributed by atoms with E-state index in [4.69, 9.17) is 15.5 Å². The van der Waals surface area contributed by atoms with E-state index in [0.717, 1.165) is 32.2 Å². The molecule has 0 aromatic heterocycles. The maximum Gasteiger partial charge on any atom is 0.469 e. The van der Waals surface area contributed by atoms with Crippen LogP contribution < -0.4 is 5.73 Å². The van der Waals surface area contributed by atoms with Crippen molar-refractivity contribution < 1.29 is 18.9 Å². The summed E-state index contributed by atoms with van der Waals surface area (Å²) in [6, 6.07) is 0. The van der Waals surface area contributed by atoms with E-state index in [1.54, 1.807) is 0 Å². The molecule has 0 aromatic rings. The number of hydrogen-bond donors (Lipinski definition) is 3. The van der Waals surface area contributed by atoms with E-state index in [1.807, 2.05) is 6.92 Å². The highest BCUT2D eigenvalue weighted by molar-refractivity contribution is 7.46. The number of allylic oxidation sites excluding steroid dienone is 2. The molecule has 0 aliphatic carbocycles. The van der Waals surface area contributed by atoms with Crippen LogP contribution in [-0.2, 0) is 9.09 Å². The van der Waals surface area contributed by atoms with Crippen molar-refractivity contribution in [1.82, 2.24) is 0 Å². The molecular formula is C26H56NO4P. The van der Waals surface area contributed by atoms with Crippen molar-refractivity contribution in [2.75, 3.05) is 13.2 Å². The fraction of sp³-hybridized carbons (Fsp3) is 0.923. The minimum atomic E-state index is -4.26. The highest BCUT2D eigenvalue weighted by atomic mass is 31.2. The Morgan fingerprint density at radius 1 is 0.750 bits per heavy atom. The Morgan fingerprint density at radius 2 is 1.22 bits per heavy atom. The van der Waals surface area contributed by atoms with Gasteiger partial charge in [0.15, 0.2) is 0 Å². The van der Waals surface area contributed by atoms with Gasteiger partial charge in [-0.1, -0.05) is 110 Å². The highest BCUT2D eigenvalue weighted by Crippen LogP contribution is 2.36. The Morgan fingerprint density at radius 3 is 1.66 bits per heavy atom. The van der Waals surface area contributed by atoms with E-state index < -0.39 is 7.82 Å². The molecule has 0 rings (SSSR count). The van der Waals surface area contributed by atoms with Gasteiger partial charge in [-0.3, -0.25) is 4.52 Å². The van der Waals surface area contributed by atoms with Gasteiger partial charge < -0.3 is 15.5 Å². The first-order valence-corrected chi connectivity index (χ1v) is 15.0. The van der Waals surface area contributed by atoms with E-state index in [2.05, 4.69) is 30.5 Å². The van der Waals surface area contributed by atoms with Crippen LogP contribution in [0.3, 0.4) is 0 Å². The maximum absolute atomic E-state index is 10.4. The van der Waals surface area contributed by atoms with E-state index in [9.17, 15) is 4.57 Å². The van der Waals surface area contributed by atoms with Crippen LogP contribution in [0.5, 0.6) is 0 Å². The van der Waals surface area contributed by atoms with Gasteiger partial charge in [-0.15, -0.1) is 0 Å². The fourth-order valence-corrected chi connectivity index (χ4v) is 3.90. The van der Waals surface area contributed by atoms with Gasteiger partial charge in [-0.05, 0) is 51.0 Å². The van der Waals surface area contributed by atoms with E-state index >= 15 is 0 Å². The molecule has 1 atom stereocenters.